The molecule has 0 aliphatic carbocycles. The van der Waals surface area contributed by atoms with Crippen LogP contribution in [-0.2, 0) is 0 Å². The standard InChI is InChI=1S/C11H17NO2S2/c1-3-12(4-2)5-6-15-9-7-10(11(13)14)16-8-9/h7-8H,3-6H2,1-2H3,(H,13,14). The van der Waals surface area contributed by atoms with Crippen LogP contribution in [-0.4, -0.2) is 41.4 Å². The Kier molecular flexibility index (Phi) is 5.87. The highest BCUT2D eigenvalue weighted by atomic mass is 32.2. The van der Waals surface area contributed by atoms with Crippen molar-refractivity contribution in [3.05, 3.63) is 16.3 Å². The van der Waals surface area contributed by atoms with Crippen LogP contribution in [0.1, 0.15) is 23.5 Å². The molecule has 1 rings (SSSR count). The Bertz CT molecular complexity index is 334. The first-order valence-corrected chi connectivity index (χ1v) is 7.20. The maximum atomic E-state index is 10.7. The SMILES string of the molecule is CCN(CC)CCSc1csc(C(=O)O)c1. The third-order valence-electron chi connectivity index (χ3n) is 2.36. The van der Waals surface area contributed by atoms with Crippen LogP contribution in [0.4, 0.5) is 0 Å². The molecular formula is C11H17NO2S2. The van der Waals surface area contributed by atoms with Crippen molar-refractivity contribution in [3.8, 4) is 0 Å². The molecule has 0 atom stereocenters. The van der Waals surface area contributed by atoms with E-state index in [0.29, 0.717) is 4.88 Å². The lowest BCUT2D eigenvalue weighted by Gasteiger charge is -2.16. The summed E-state index contributed by atoms with van der Waals surface area (Å²) in [6.07, 6.45) is 0. The summed E-state index contributed by atoms with van der Waals surface area (Å²) >= 11 is 3.02. The third kappa shape index (κ3) is 4.15. The number of nitrogens with zero attached hydrogens (tertiary/aromatic N) is 1. The van der Waals surface area contributed by atoms with E-state index >= 15 is 0 Å². The number of thioether (sulfide) groups is 1. The monoisotopic (exact) mass is 259 g/mol. The summed E-state index contributed by atoms with van der Waals surface area (Å²) in [5.41, 5.74) is 0. The van der Waals surface area contributed by atoms with Gasteiger partial charge in [-0.05, 0) is 19.2 Å². The molecule has 5 heteroatoms. The summed E-state index contributed by atoms with van der Waals surface area (Å²) in [5, 5.41) is 10.7. The maximum absolute atomic E-state index is 10.7. The smallest absolute Gasteiger partial charge is 0.345 e. The van der Waals surface area contributed by atoms with E-state index in [4.69, 9.17) is 5.11 Å². The topological polar surface area (TPSA) is 40.5 Å². The number of aromatic carboxylic acids is 1. The molecule has 0 radical (unpaired) electrons. The van der Waals surface area contributed by atoms with Crippen molar-refractivity contribution in [2.75, 3.05) is 25.4 Å². The molecule has 0 spiro atoms. The molecule has 3 nitrogen and oxygen atoms in total. The minimum atomic E-state index is -0.833. The van der Waals surface area contributed by atoms with Gasteiger partial charge in [0, 0.05) is 22.6 Å². The molecule has 16 heavy (non-hydrogen) atoms. The van der Waals surface area contributed by atoms with Gasteiger partial charge in [-0.3, -0.25) is 0 Å². The first-order chi connectivity index (χ1) is 7.67. The fraction of sp³-hybridized carbons (Fsp3) is 0.545. The van der Waals surface area contributed by atoms with Crippen molar-refractivity contribution in [2.45, 2.75) is 18.7 Å². The normalized spacial score (nSPS) is 10.9. The highest BCUT2D eigenvalue weighted by molar-refractivity contribution is 7.99. The molecule has 0 fully saturated rings. The summed E-state index contributed by atoms with van der Waals surface area (Å²) in [5.74, 6) is 0.179. The van der Waals surface area contributed by atoms with Crippen molar-refractivity contribution in [1.29, 1.82) is 0 Å². The van der Waals surface area contributed by atoms with Crippen LogP contribution >= 0.6 is 23.1 Å². The van der Waals surface area contributed by atoms with Gasteiger partial charge in [-0.1, -0.05) is 13.8 Å². The Morgan fingerprint density at radius 1 is 1.50 bits per heavy atom. The number of carboxylic acid groups (broad SMARTS) is 1. The Morgan fingerprint density at radius 3 is 2.69 bits per heavy atom. The van der Waals surface area contributed by atoms with Gasteiger partial charge in [0.1, 0.15) is 4.88 Å². The van der Waals surface area contributed by atoms with E-state index in [1.807, 2.05) is 5.38 Å². The van der Waals surface area contributed by atoms with E-state index in [9.17, 15) is 4.79 Å². The van der Waals surface area contributed by atoms with E-state index in [-0.39, 0.29) is 0 Å². The van der Waals surface area contributed by atoms with Gasteiger partial charge in [-0.2, -0.15) is 0 Å². The van der Waals surface area contributed by atoms with Crippen molar-refractivity contribution in [2.24, 2.45) is 0 Å². The van der Waals surface area contributed by atoms with Gasteiger partial charge in [-0.25, -0.2) is 4.79 Å². The molecule has 1 aromatic rings. The molecule has 0 saturated carbocycles. The molecule has 0 bridgehead atoms. The predicted molar refractivity (Wildman–Crippen MR) is 69.8 cm³/mol. The summed E-state index contributed by atoms with van der Waals surface area (Å²) in [4.78, 5) is 14.5. The van der Waals surface area contributed by atoms with Gasteiger partial charge in [-0.15, -0.1) is 23.1 Å². The zero-order valence-electron chi connectivity index (χ0n) is 9.60. The molecule has 0 amide bonds. The van der Waals surface area contributed by atoms with Crippen LogP contribution < -0.4 is 0 Å². The van der Waals surface area contributed by atoms with E-state index in [0.717, 1.165) is 30.3 Å². The van der Waals surface area contributed by atoms with Crippen LogP contribution in [0.2, 0.25) is 0 Å². The molecule has 0 aromatic carbocycles. The first-order valence-electron chi connectivity index (χ1n) is 5.34. The number of carboxylic acids is 1. The molecule has 1 aromatic heterocycles. The third-order valence-corrected chi connectivity index (χ3v) is 4.38. The Hall–Kier alpha value is -0.520. The molecule has 1 heterocycles. The predicted octanol–water partition coefficient (Wildman–Crippen LogP) is 2.88. The lowest BCUT2D eigenvalue weighted by molar-refractivity contribution is 0.0702. The van der Waals surface area contributed by atoms with Crippen LogP contribution in [0.5, 0.6) is 0 Å². The van der Waals surface area contributed by atoms with Crippen molar-refractivity contribution in [1.82, 2.24) is 4.90 Å². The van der Waals surface area contributed by atoms with Gasteiger partial charge in [0.2, 0.25) is 0 Å². The van der Waals surface area contributed by atoms with Crippen LogP contribution in [0.15, 0.2) is 16.3 Å². The highest BCUT2D eigenvalue weighted by Crippen LogP contribution is 2.24. The average molecular weight is 259 g/mol. The van der Waals surface area contributed by atoms with E-state index in [1.165, 1.54) is 11.3 Å². The van der Waals surface area contributed by atoms with E-state index in [2.05, 4.69) is 18.7 Å². The Balaban J connectivity index is 2.34. The molecule has 0 aliphatic rings. The van der Waals surface area contributed by atoms with Crippen LogP contribution in [0.3, 0.4) is 0 Å². The Morgan fingerprint density at radius 2 is 2.19 bits per heavy atom. The minimum Gasteiger partial charge on any atom is -0.477 e. The quantitative estimate of drug-likeness (QED) is 0.764. The van der Waals surface area contributed by atoms with Crippen LogP contribution in [0, 0.1) is 0 Å². The van der Waals surface area contributed by atoms with E-state index in [1.54, 1.807) is 17.8 Å². The first kappa shape index (κ1) is 13.5. The van der Waals surface area contributed by atoms with Crippen molar-refractivity contribution in [3.63, 3.8) is 0 Å². The summed E-state index contributed by atoms with van der Waals surface area (Å²) in [7, 11) is 0. The second kappa shape index (κ2) is 6.93. The van der Waals surface area contributed by atoms with Crippen LogP contribution in [0.25, 0.3) is 0 Å². The lowest BCUT2D eigenvalue weighted by Crippen LogP contribution is -2.25. The highest BCUT2D eigenvalue weighted by Gasteiger charge is 2.07. The average Bonchev–Trinajstić information content (AvgIpc) is 2.73. The fourth-order valence-electron chi connectivity index (χ4n) is 1.34. The van der Waals surface area contributed by atoms with Gasteiger partial charge >= 0.3 is 5.97 Å². The molecule has 90 valence electrons. The maximum Gasteiger partial charge on any atom is 0.345 e. The van der Waals surface area contributed by atoms with Gasteiger partial charge in [0.15, 0.2) is 0 Å². The van der Waals surface area contributed by atoms with Crippen molar-refractivity contribution >= 4 is 29.1 Å². The van der Waals surface area contributed by atoms with Crippen molar-refractivity contribution < 1.29 is 9.90 Å². The molecular weight excluding hydrogens is 242 g/mol. The number of carbonyl (C=O) groups is 1. The second-order valence-electron chi connectivity index (χ2n) is 3.33. The largest absolute Gasteiger partial charge is 0.477 e. The zero-order valence-corrected chi connectivity index (χ0v) is 11.2. The molecule has 0 unspecified atom stereocenters. The number of rotatable bonds is 7. The number of hydrogen-bond donors (Lipinski definition) is 1. The summed E-state index contributed by atoms with van der Waals surface area (Å²) < 4.78 is 0. The summed E-state index contributed by atoms with van der Waals surface area (Å²) in [6.45, 7) is 7.50. The number of thiophene rings is 1. The minimum absolute atomic E-state index is 0.422. The van der Waals surface area contributed by atoms with Gasteiger partial charge < -0.3 is 10.0 Å². The zero-order chi connectivity index (χ0) is 12.0. The number of hydrogen-bond acceptors (Lipinski definition) is 4. The summed E-state index contributed by atoms with van der Waals surface area (Å²) in [6, 6.07) is 1.75. The molecule has 0 aliphatic heterocycles. The lowest BCUT2D eigenvalue weighted by atomic mass is 10.5. The van der Waals surface area contributed by atoms with Gasteiger partial charge in [0.05, 0.1) is 0 Å². The van der Waals surface area contributed by atoms with E-state index < -0.39 is 5.97 Å². The fourth-order valence-corrected chi connectivity index (χ4v) is 3.22. The second-order valence-corrected chi connectivity index (χ2v) is 5.41. The molecule has 0 saturated heterocycles. The van der Waals surface area contributed by atoms with Gasteiger partial charge in [0.25, 0.3) is 0 Å². The molecule has 1 N–H and O–H groups in total. The Labute approximate surface area is 104 Å².